The van der Waals surface area contributed by atoms with Gasteiger partial charge in [-0.15, -0.1) is 0 Å². The van der Waals surface area contributed by atoms with Crippen LogP contribution in [0.4, 0.5) is 11.4 Å². The Labute approximate surface area is 176 Å². The molecular formula is C26H24N2O2. The van der Waals surface area contributed by atoms with Gasteiger partial charge >= 0.3 is 0 Å². The molecule has 1 heterocycles. The topological polar surface area (TPSA) is 49.4 Å². The molecule has 3 aromatic carbocycles. The van der Waals surface area contributed by atoms with Gasteiger partial charge in [-0.2, -0.15) is 0 Å². The van der Waals surface area contributed by atoms with Gasteiger partial charge in [0.05, 0.1) is 11.3 Å². The van der Waals surface area contributed by atoms with Gasteiger partial charge in [0.15, 0.2) is 0 Å². The standard InChI is InChI=1S/C26H24N2O2/c1-16-11-13-21(19(4)14-16)23-24(27-20-8-6-5-7-9-20)26(30)28(25(23)29)22-15-17(2)10-12-18(22)3/h5-15,27H,1-4H3. The fraction of sp³-hybridized carbons (Fsp3) is 0.154. The molecule has 0 aliphatic carbocycles. The first kappa shape index (κ1) is 19.6. The minimum absolute atomic E-state index is 0.305. The zero-order valence-electron chi connectivity index (χ0n) is 17.6. The van der Waals surface area contributed by atoms with E-state index >= 15 is 0 Å². The first-order valence-electron chi connectivity index (χ1n) is 9.97. The molecular weight excluding hydrogens is 372 g/mol. The molecule has 2 amide bonds. The van der Waals surface area contributed by atoms with E-state index in [1.54, 1.807) is 0 Å². The van der Waals surface area contributed by atoms with Crippen LogP contribution in [-0.4, -0.2) is 11.8 Å². The molecule has 4 heteroatoms. The summed E-state index contributed by atoms with van der Waals surface area (Å²) < 4.78 is 0. The SMILES string of the molecule is Cc1ccc(C2=C(Nc3ccccc3)C(=O)N(c3cc(C)ccc3C)C2=O)c(C)c1. The number of carbonyl (C=O) groups excluding carboxylic acids is 2. The van der Waals surface area contributed by atoms with E-state index in [0.717, 1.165) is 33.5 Å². The van der Waals surface area contributed by atoms with Crippen molar-refractivity contribution in [3.63, 3.8) is 0 Å². The Hall–Kier alpha value is -3.66. The van der Waals surface area contributed by atoms with Gasteiger partial charge in [-0.3, -0.25) is 9.59 Å². The van der Waals surface area contributed by atoms with Crippen molar-refractivity contribution in [1.29, 1.82) is 0 Å². The molecule has 150 valence electrons. The average molecular weight is 396 g/mol. The van der Waals surface area contributed by atoms with Crippen LogP contribution >= 0.6 is 0 Å². The number of nitrogens with one attached hydrogen (secondary N) is 1. The smallest absolute Gasteiger partial charge is 0.282 e. The number of nitrogens with zero attached hydrogens (tertiary/aromatic N) is 1. The number of imide groups is 1. The summed E-state index contributed by atoms with van der Waals surface area (Å²) in [4.78, 5) is 28.5. The summed E-state index contributed by atoms with van der Waals surface area (Å²) in [5, 5.41) is 3.21. The van der Waals surface area contributed by atoms with Crippen LogP contribution in [0.5, 0.6) is 0 Å². The van der Waals surface area contributed by atoms with E-state index in [0.29, 0.717) is 17.0 Å². The third kappa shape index (κ3) is 3.41. The molecule has 1 aliphatic heterocycles. The maximum atomic E-state index is 13.6. The van der Waals surface area contributed by atoms with Crippen LogP contribution in [0.25, 0.3) is 5.57 Å². The average Bonchev–Trinajstić information content (AvgIpc) is 2.95. The molecule has 0 spiro atoms. The minimum atomic E-state index is -0.340. The summed E-state index contributed by atoms with van der Waals surface area (Å²) in [6.07, 6.45) is 0. The van der Waals surface area contributed by atoms with Crippen LogP contribution in [-0.2, 0) is 9.59 Å². The number of hydrogen-bond donors (Lipinski definition) is 1. The van der Waals surface area contributed by atoms with Crippen LogP contribution in [0, 0.1) is 27.7 Å². The highest BCUT2D eigenvalue weighted by atomic mass is 16.2. The van der Waals surface area contributed by atoms with Crippen molar-refractivity contribution >= 4 is 28.8 Å². The van der Waals surface area contributed by atoms with Gasteiger partial charge in [-0.25, -0.2) is 4.90 Å². The molecule has 0 atom stereocenters. The number of aryl methyl sites for hydroxylation is 4. The van der Waals surface area contributed by atoms with Crippen LogP contribution in [0.3, 0.4) is 0 Å². The van der Waals surface area contributed by atoms with Gasteiger partial charge in [-0.1, -0.05) is 54.1 Å². The van der Waals surface area contributed by atoms with Gasteiger partial charge < -0.3 is 5.32 Å². The summed E-state index contributed by atoms with van der Waals surface area (Å²) in [6.45, 7) is 7.84. The predicted molar refractivity (Wildman–Crippen MR) is 121 cm³/mol. The van der Waals surface area contributed by atoms with Crippen molar-refractivity contribution in [2.75, 3.05) is 10.2 Å². The molecule has 30 heavy (non-hydrogen) atoms. The molecule has 0 saturated carbocycles. The molecule has 0 saturated heterocycles. The van der Waals surface area contributed by atoms with E-state index in [2.05, 4.69) is 5.32 Å². The van der Waals surface area contributed by atoms with Crippen molar-refractivity contribution in [2.24, 2.45) is 0 Å². The predicted octanol–water partition coefficient (Wildman–Crippen LogP) is 5.32. The lowest BCUT2D eigenvalue weighted by Crippen LogP contribution is -2.33. The summed E-state index contributed by atoms with van der Waals surface area (Å²) in [7, 11) is 0. The lowest BCUT2D eigenvalue weighted by molar-refractivity contribution is -0.120. The van der Waals surface area contributed by atoms with E-state index in [-0.39, 0.29) is 11.8 Å². The Morgan fingerprint density at radius 1 is 0.700 bits per heavy atom. The number of carbonyl (C=O) groups is 2. The first-order chi connectivity index (χ1) is 14.4. The second-order valence-corrected chi connectivity index (χ2v) is 7.80. The van der Waals surface area contributed by atoms with Gasteiger partial charge in [0.1, 0.15) is 5.70 Å². The van der Waals surface area contributed by atoms with Crippen LogP contribution in [0.1, 0.15) is 27.8 Å². The van der Waals surface area contributed by atoms with E-state index < -0.39 is 0 Å². The highest BCUT2D eigenvalue weighted by Crippen LogP contribution is 2.36. The van der Waals surface area contributed by atoms with Crippen LogP contribution in [0.15, 0.2) is 72.4 Å². The zero-order chi connectivity index (χ0) is 21.4. The second kappa shape index (κ2) is 7.64. The normalized spacial score (nSPS) is 13.9. The molecule has 0 bridgehead atoms. The summed E-state index contributed by atoms with van der Waals surface area (Å²) in [5.74, 6) is -0.647. The quantitative estimate of drug-likeness (QED) is 0.608. The summed E-state index contributed by atoms with van der Waals surface area (Å²) in [5.41, 5.74) is 6.80. The van der Waals surface area contributed by atoms with E-state index in [4.69, 9.17) is 0 Å². The second-order valence-electron chi connectivity index (χ2n) is 7.80. The Kier molecular flexibility index (Phi) is 5.00. The van der Waals surface area contributed by atoms with Gasteiger partial charge in [-0.05, 0) is 68.1 Å². The largest absolute Gasteiger partial charge is 0.350 e. The van der Waals surface area contributed by atoms with Crippen molar-refractivity contribution < 1.29 is 9.59 Å². The molecule has 0 aromatic heterocycles. The highest BCUT2D eigenvalue weighted by Gasteiger charge is 2.41. The molecule has 1 aliphatic rings. The number of hydrogen-bond acceptors (Lipinski definition) is 3. The minimum Gasteiger partial charge on any atom is -0.350 e. The Balaban J connectivity index is 1.89. The monoisotopic (exact) mass is 396 g/mol. The van der Waals surface area contributed by atoms with Crippen LogP contribution < -0.4 is 10.2 Å². The van der Waals surface area contributed by atoms with Crippen molar-refractivity contribution in [3.8, 4) is 0 Å². The lowest BCUT2D eigenvalue weighted by atomic mass is 9.97. The molecule has 0 fully saturated rings. The molecule has 4 rings (SSSR count). The van der Waals surface area contributed by atoms with Gasteiger partial charge in [0, 0.05) is 5.69 Å². The molecule has 0 unspecified atom stereocenters. The van der Waals surface area contributed by atoms with E-state index in [1.165, 1.54) is 4.90 Å². The number of amides is 2. The van der Waals surface area contributed by atoms with Crippen molar-refractivity contribution in [2.45, 2.75) is 27.7 Å². The maximum Gasteiger partial charge on any atom is 0.282 e. The Morgan fingerprint density at radius 2 is 1.37 bits per heavy atom. The lowest BCUT2D eigenvalue weighted by Gasteiger charge is -2.18. The maximum absolute atomic E-state index is 13.6. The number of rotatable bonds is 4. The first-order valence-corrected chi connectivity index (χ1v) is 9.97. The summed E-state index contributed by atoms with van der Waals surface area (Å²) in [6, 6.07) is 21.2. The van der Waals surface area contributed by atoms with E-state index in [9.17, 15) is 9.59 Å². The van der Waals surface area contributed by atoms with E-state index in [1.807, 2.05) is 94.4 Å². The molecule has 3 aromatic rings. The Morgan fingerprint density at radius 3 is 2.07 bits per heavy atom. The summed E-state index contributed by atoms with van der Waals surface area (Å²) >= 11 is 0. The molecule has 1 N–H and O–H groups in total. The van der Waals surface area contributed by atoms with Crippen LogP contribution in [0.2, 0.25) is 0 Å². The van der Waals surface area contributed by atoms with Crippen molar-refractivity contribution in [1.82, 2.24) is 0 Å². The molecule has 4 nitrogen and oxygen atoms in total. The van der Waals surface area contributed by atoms with Gasteiger partial charge in [0.2, 0.25) is 0 Å². The third-order valence-electron chi connectivity index (χ3n) is 5.38. The van der Waals surface area contributed by atoms with Gasteiger partial charge in [0.25, 0.3) is 11.8 Å². The Bertz CT molecular complexity index is 1190. The fourth-order valence-corrected chi connectivity index (χ4v) is 3.83. The highest BCUT2D eigenvalue weighted by molar-refractivity contribution is 6.46. The number of anilines is 2. The number of para-hydroxylation sites is 1. The number of benzene rings is 3. The van der Waals surface area contributed by atoms with Crippen molar-refractivity contribution in [3.05, 3.63) is 100 Å². The zero-order valence-corrected chi connectivity index (χ0v) is 17.6. The fourth-order valence-electron chi connectivity index (χ4n) is 3.83. The third-order valence-corrected chi connectivity index (χ3v) is 5.38. The molecule has 0 radical (unpaired) electrons.